The molecule has 1 aromatic heterocycles. The van der Waals surface area contributed by atoms with Crippen LogP contribution in [-0.4, -0.2) is 50.9 Å². The largest absolute Gasteiger partial charge is 0.480 e. The number of hydrogen-bond acceptors (Lipinski definition) is 3. The molecule has 1 aliphatic carbocycles. The van der Waals surface area contributed by atoms with Gasteiger partial charge in [0.15, 0.2) is 0 Å². The van der Waals surface area contributed by atoms with E-state index in [1.165, 1.54) is 4.90 Å². The van der Waals surface area contributed by atoms with Gasteiger partial charge >= 0.3 is 12.0 Å². The molecule has 0 atom stereocenters. The van der Waals surface area contributed by atoms with Crippen molar-refractivity contribution in [3.8, 4) is 0 Å². The highest BCUT2D eigenvalue weighted by Gasteiger charge is 2.33. The number of carbonyl (C=O) groups excluding carboxylic acids is 1. The molecular formula is C12H18N4O3. The summed E-state index contributed by atoms with van der Waals surface area (Å²) in [7, 11) is 0. The van der Waals surface area contributed by atoms with Crippen molar-refractivity contribution in [2.45, 2.75) is 31.8 Å². The summed E-state index contributed by atoms with van der Waals surface area (Å²) in [6, 6.07) is 1.66. The number of carboxylic acid groups (broad SMARTS) is 1. The predicted molar refractivity (Wildman–Crippen MR) is 67.6 cm³/mol. The van der Waals surface area contributed by atoms with Crippen LogP contribution in [0.1, 0.15) is 19.3 Å². The Balaban J connectivity index is 1.68. The molecule has 2 amide bonds. The molecule has 2 rings (SSSR count). The minimum atomic E-state index is -0.974. The lowest BCUT2D eigenvalue weighted by atomic mass is 10.4. The lowest BCUT2D eigenvalue weighted by Gasteiger charge is -2.20. The first kappa shape index (κ1) is 13.4. The minimum absolute atomic E-state index is 0.0993. The highest BCUT2D eigenvalue weighted by atomic mass is 16.4. The van der Waals surface area contributed by atoms with E-state index in [0.29, 0.717) is 6.54 Å². The molecule has 7 nitrogen and oxygen atoms in total. The SMILES string of the molecule is O=C(O)CN(C(=O)NCCCn1cccn1)C1CC1. The Morgan fingerprint density at radius 2 is 2.26 bits per heavy atom. The van der Waals surface area contributed by atoms with Crippen molar-refractivity contribution in [1.82, 2.24) is 20.0 Å². The zero-order valence-corrected chi connectivity index (χ0v) is 10.7. The first-order chi connectivity index (χ1) is 9.16. The van der Waals surface area contributed by atoms with Gasteiger partial charge in [0.05, 0.1) is 0 Å². The number of amides is 2. The van der Waals surface area contributed by atoms with E-state index in [1.807, 2.05) is 12.3 Å². The summed E-state index contributed by atoms with van der Waals surface area (Å²) < 4.78 is 1.79. The van der Waals surface area contributed by atoms with Crippen LogP contribution in [0.15, 0.2) is 18.5 Å². The summed E-state index contributed by atoms with van der Waals surface area (Å²) in [5.74, 6) is -0.974. The van der Waals surface area contributed by atoms with E-state index in [9.17, 15) is 9.59 Å². The fourth-order valence-corrected chi connectivity index (χ4v) is 1.87. The lowest BCUT2D eigenvalue weighted by molar-refractivity contribution is -0.137. The van der Waals surface area contributed by atoms with E-state index >= 15 is 0 Å². The van der Waals surface area contributed by atoms with Crippen LogP contribution in [0.25, 0.3) is 0 Å². The Bertz CT molecular complexity index is 428. The number of hydrogen-bond donors (Lipinski definition) is 2. The molecule has 1 fully saturated rings. The molecule has 0 aliphatic heterocycles. The van der Waals surface area contributed by atoms with Crippen LogP contribution in [0.4, 0.5) is 4.79 Å². The topological polar surface area (TPSA) is 87.5 Å². The number of aliphatic carboxylic acids is 1. The Morgan fingerprint density at radius 1 is 1.47 bits per heavy atom. The van der Waals surface area contributed by atoms with Gasteiger partial charge in [-0.1, -0.05) is 0 Å². The number of urea groups is 1. The maximum absolute atomic E-state index is 11.9. The summed E-state index contributed by atoms with van der Waals surface area (Å²) in [6.45, 7) is 1.02. The van der Waals surface area contributed by atoms with E-state index in [-0.39, 0.29) is 18.6 Å². The van der Waals surface area contributed by atoms with Crippen LogP contribution in [-0.2, 0) is 11.3 Å². The van der Waals surface area contributed by atoms with Crippen molar-refractivity contribution in [2.24, 2.45) is 0 Å². The molecule has 1 aromatic rings. The van der Waals surface area contributed by atoms with Crippen LogP contribution >= 0.6 is 0 Å². The van der Waals surface area contributed by atoms with Gasteiger partial charge in [-0.2, -0.15) is 5.10 Å². The van der Waals surface area contributed by atoms with Crippen LogP contribution in [0, 0.1) is 0 Å². The second-order valence-corrected chi connectivity index (χ2v) is 4.61. The molecule has 1 saturated carbocycles. The average Bonchev–Trinajstić information content (AvgIpc) is 3.08. The number of carboxylic acids is 1. The van der Waals surface area contributed by atoms with E-state index in [0.717, 1.165) is 25.8 Å². The third-order valence-electron chi connectivity index (χ3n) is 2.95. The van der Waals surface area contributed by atoms with Gasteiger partial charge in [0.25, 0.3) is 0 Å². The third-order valence-corrected chi connectivity index (χ3v) is 2.95. The molecular weight excluding hydrogens is 248 g/mol. The normalized spacial score (nSPS) is 14.1. The summed E-state index contributed by atoms with van der Waals surface area (Å²) in [5.41, 5.74) is 0. The summed E-state index contributed by atoms with van der Waals surface area (Å²) in [5, 5.41) is 15.6. The molecule has 0 bridgehead atoms. The maximum atomic E-state index is 11.9. The van der Waals surface area contributed by atoms with E-state index in [2.05, 4.69) is 10.4 Å². The minimum Gasteiger partial charge on any atom is -0.480 e. The number of aromatic nitrogens is 2. The van der Waals surface area contributed by atoms with Crippen molar-refractivity contribution < 1.29 is 14.7 Å². The molecule has 1 heterocycles. The van der Waals surface area contributed by atoms with Crippen LogP contribution < -0.4 is 5.32 Å². The molecule has 7 heteroatoms. The first-order valence-electron chi connectivity index (χ1n) is 6.40. The molecule has 1 aliphatic rings. The highest BCUT2D eigenvalue weighted by Crippen LogP contribution is 2.26. The first-order valence-corrected chi connectivity index (χ1v) is 6.40. The average molecular weight is 266 g/mol. The summed E-state index contributed by atoms with van der Waals surface area (Å²) >= 11 is 0. The fourth-order valence-electron chi connectivity index (χ4n) is 1.87. The summed E-state index contributed by atoms with van der Waals surface area (Å²) in [4.78, 5) is 23.9. The van der Waals surface area contributed by atoms with Gasteiger partial charge in [-0.15, -0.1) is 0 Å². The second kappa shape index (κ2) is 6.21. The van der Waals surface area contributed by atoms with Gasteiger partial charge < -0.3 is 15.3 Å². The van der Waals surface area contributed by atoms with Gasteiger partial charge in [0.1, 0.15) is 6.54 Å². The number of aryl methyl sites for hydroxylation is 1. The smallest absolute Gasteiger partial charge is 0.323 e. The van der Waals surface area contributed by atoms with Crippen LogP contribution in [0.5, 0.6) is 0 Å². The fraction of sp³-hybridized carbons (Fsp3) is 0.583. The molecule has 0 spiro atoms. The molecule has 2 N–H and O–H groups in total. The molecule has 0 aromatic carbocycles. The second-order valence-electron chi connectivity index (χ2n) is 4.61. The summed E-state index contributed by atoms with van der Waals surface area (Å²) in [6.07, 6.45) is 6.13. The lowest BCUT2D eigenvalue weighted by Crippen LogP contribution is -2.44. The molecule has 19 heavy (non-hydrogen) atoms. The van der Waals surface area contributed by atoms with Crippen molar-refractivity contribution in [2.75, 3.05) is 13.1 Å². The third kappa shape index (κ3) is 4.27. The number of nitrogens with zero attached hydrogens (tertiary/aromatic N) is 3. The van der Waals surface area contributed by atoms with Crippen molar-refractivity contribution in [3.63, 3.8) is 0 Å². The van der Waals surface area contributed by atoms with Crippen molar-refractivity contribution >= 4 is 12.0 Å². The molecule has 104 valence electrons. The molecule has 0 unspecified atom stereocenters. The monoisotopic (exact) mass is 266 g/mol. The Labute approximate surface area is 111 Å². The van der Waals surface area contributed by atoms with Gasteiger partial charge in [0, 0.05) is 31.5 Å². The van der Waals surface area contributed by atoms with E-state index in [1.54, 1.807) is 10.9 Å². The van der Waals surface area contributed by atoms with Gasteiger partial charge in [-0.25, -0.2) is 4.79 Å². The van der Waals surface area contributed by atoms with Gasteiger partial charge in [-0.3, -0.25) is 9.48 Å². The molecule has 0 saturated heterocycles. The zero-order chi connectivity index (χ0) is 13.7. The Kier molecular flexibility index (Phi) is 4.38. The van der Waals surface area contributed by atoms with E-state index in [4.69, 9.17) is 5.11 Å². The Hall–Kier alpha value is -2.05. The molecule has 0 radical (unpaired) electrons. The Morgan fingerprint density at radius 3 is 2.84 bits per heavy atom. The highest BCUT2D eigenvalue weighted by molar-refractivity contribution is 5.80. The number of carbonyl (C=O) groups is 2. The standard InChI is InChI=1S/C12H18N4O3/c17-11(18)9-16(10-3-4-10)12(19)13-5-1-7-15-8-2-6-14-15/h2,6,8,10H,1,3-5,7,9H2,(H,13,19)(H,17,18). The van der Waals surface area contributed by atoms with Crippen molar-refractivity contribution in [1.29, 1.82) is 0 Å². The predicted octanol–water partition coefficient (Wildman–Crippen LogP) is 0.532. The van der Waals surface area contributed by atoms with Gasteiger partial charge in [-0.05, 0) is 25.3 Å². The maximum Gasteiger partial charge on any atom is 0.323 e. The zero-order valence-electron chi connectivity index (χ0n) is 10.7. The van der Waals surface area contributed by atoms with E-state index < -0.39 is 5.97 Å². The van der Waals surface area contributed by atoms with Crippen molar-refractivity contribution in [3.05, 3.63) is 18.5 Å². The van der Waals surface area contributed by atoms with Crippen LogP contribution in [0.3, 0.4) is 0 Å². The van der Waals surface area contributed by atoms with Gasteiger partial charge in [0.2, 0.25) is 0 Å². The number of rotatable bonds is 7. The van der Waals surface area contributed by atoms with Crippen LogP contribution in [0.2, 0.25) is 0 Å². The number of nitrogens with one attached hydrogen (secondary N) is 1. The quantitative estimate of drug-likeness (QED) is 0.705.